The van der Waals surface area contributed by atoms with Gasteiger partial charge in [0.05, 0.1) is 6.61 Å². The molecule has 0 aliphatic carbocycles. The molecule has 2 rings (SSSR count). The molecular formula is C20H24N2O3S. The number of benzene rings is 2. The highest BCUT2D eigenvalue weighted by Crippen LogP contribution is 2.17. The van der Waals surface area contributed by atoms with Crippen LogP contribution in [0.15, 0.2) is 48.5 Å². The van der Waals surface area contributed by atoms with Crippen LogP contribution in [0, 0.1) is 0 Å². The lowest BCUT2D eigenvalue weighted by atomic mass is 10.0. The molecule has 2 aromatic carbocycles. The van der Waals surface area contributed by atoms with Crippen LogP contribution in [0.5, 0.6) is 5.75 Å². The van der Waals surface area contributed by atoms with Gasteiger partial charge in [0.25, 0.3) is 5.91 Å². The molecular weight excluding hydrogens is 348 g/mol. The number of methoxy groups -OCH3 is 1. The van der Waals surface area contributed by atoms with E-state index in [1.807, 2.05) is 36.4 Å². The first kappa shape index (κ1) is 19.9. The molecule has 26 heavy (non-hydrogen) atoms. The maximum atomic E-state index is 12.3. The summed E-state index contributed by atoms with van der Waals surface area (Å²) in [6.45, 7) is 5.21. The van der Waals surface area contributed by atoms with Gasteiger partial charge in [-0.15, -0.1) is 0 Å². The summed E-state index contributed by atoms with van der Waals surface area (Å²) in [6, 6.07) is 14.9. The molecule has 1 amide bonds. The largest absolute Gasteiger partial charge is 0.491 e. The summed E-state index contributed by atoms with van der Waals surface area (Å²) >= 11 is 5.23. The van der Waals surface area contributed by atoms with Gasteiger partial charge in [0, 0.05) is 24.4 Å². The minimum absolute atomic E-state index is 0.233. The summed E-state index contributed by atoms with van der Waals surface area (Å²) in [5, 5.41) is 5.91. The summed E-state index contributed by atoms with van der Waals surface area (Å²) in [5.74, 6) is 0.879. The van der Waals surface area contributed by atoms with Gasteiger partial charge in [-0.2, -0.15) is 0 Å². The van der Waals surface area contributed by atoms with Crippen molar-refractivity contribution in [3.63, 3.8) is 0 Å². The van der Waals surface area contributed by atoms with Crippen LogP contribution in [0.25, 0.3) is 0 Å². The van der Waals surface area contributed by atoms with E-state index in [4.69, 9.17) is 21.7 Å². The van der Waals surface area contributed by atoms with Gasteiger partial charge < -0.3 is 14.8 Å². The number of amides is 1. The molecule has 0 aromatic heterocycles. The highest BCUT2D eigenvalue weighted by molar-refractivity contribution is 7.80. The predicted octanol–water partition coefficient (Wildman–Crippen LogP) is 3.96. The minimum Gasteiger partial charge on any atom is -0.491 e. The molecule has 0 heterocycles. The lowest BCUT2D eigenvalue weighted by Gasteiger charge is -2.12. The average molecular weight is 372 g/mol. The zero-order valence-electron chi connectivity index (χ0n) is 15.2. The minimum atomic E-state index is -0.245. The van der Waals surface area contributed by atoms with Crippen LogP contribution in [-0.4, -0.2) is 31.3 Å². The van der Waals surface area contributed by atoms with Crippen LogP contribution in [0.3, 0.4) is 0 Å². The summed E-state index contributed by atoms with van der Waals surface area (Å²) in [7, 11) is 1.62. The number of nitrogens with one attached hydrogen (secondary N) is 2. The van der Waals surface area contributed by atoms with E-state index in [1.54, 1.807) is 19.2 Å². The third kappa shape index (κ3) is 6.13. The molecule has 0 spiro atoms. The van der Waals surface area contributed by atoms with Crippen molar-refractivity contribution in [2.75, 3.05) is 25.6 Å². The number of hydrogen-bond acceptors (Lipinski definition) is 4. The Morgan fingerprint density at radius 3 is 2.50 bits per heavy atom. The lowest BCUT2D eigenvalue weighted by Crippen LogP contribution is -2.34. The molecule has 0 radical (unpaired) electrons. The highest BCUT2D eigenvalue weighted by Gasteiger charge is 2.09. The van der Waals surface area contributed by atoms with E-state index in [9.17, 15) is 4.79 Å². The van der Waals surface area contributed by atoms with Gasteiger partial charge in [-0.05, 0) is 48.0 Å². The van der Waals surface area contributed by atoms with Crippen molar-refractivity contribution in [3.05, 3.63) is 59.7 Å². The van der Waals surface area contributed by atoms with E-state index in [0.29, 0.717) is 30.4 Å². The normalized spacial score (nSPS) is 10.5. The smallest absolute Gasteiger partial charge is 0.257 e. The van der Waals surface area contributed by atoms with E-state index < -0.39 is 0 Å². The molecule has 0 aliphatic rings. The van der Waals surface area contributed by atoms with Crippen molar-refractivity contribution in [2.24, 2.45) is 0 Å². The van der Waals surface area contributed by atoms with Gasteiger partial charge in [0.2, 0.25) is 0 Å². The number of carbonyl (C=O) groups excluding carboxylic acids is 1. The SMILES string of the molecule is COCCOc1cccc(NC(=S)NC(=O)c2ccc(C(C)C)cc2)c1. The third-order valence-electron chi connectivity index (χ3n) is 3.71. The molecule has 0 unspecified atom stereocenters. The number of anilines is 1. The van der Waals surface area contributed by atoms with Crippen LogP contribution in [0.4, 0.5) is 5.69 Å². The van der Waals surface area contributed by atoms with Crippen molar-refractivity contribution < 1.29 is 14.3 Å². The Kier molecular flexibility index (Phi) is 7.56. The van der Waals surface area contributed by atoms with Crippen molar-refractivity contribution in [3.8, 4) is 5.75 Å². The molecule has 5 nitrogen and oxygen atoms in total. The van der Waals surface area contributed by atoms with Gasteiger partial charge in [-0.3, -0.25) is 10.1 Å². The molecule has 0 atom stereocenters. The van der Waals surface area contributed by atoms with E-state index in [0.717, 1.165) is 5.69 Å². The van der Waals surface area contributed by atoms with Gasteiger partial charge in [-0.1, -0.05) is 32.0 Å². The standard InChI is InChI=1S/C20H24N2O3S/c1-14(2)15-7-9-16(10-8-15)19(23)22-20(26)21-17-5-4-6-18(13-17)25-12-11-24-3/h4-10,13-14H,11-12H2,1-3H3,(H2,21,22,23,26). The first-order valence-electron chi connectivity index (χ1n) is 8.43. The fourth-order valence-electron chi connectivity index (χ4n) is 2.26. The highest BCUT2D eigenvalue weighted by atomic mass is 32.1. The van der Waals surface area contributed by atoms with Crippen molar-refractivity contribution in [1.82, 2.24) is 5.32 Å². The second-order valence-corrected chi connectivity index (χ2v) is 6.46. The Bertz CT molecular complexity index is 745. The molecule has 2 aromatic rings. The van der Waals surface area contributed by atoms with Crippen LogP contribution in [-0.2, 0) is 4.74 Å². The zero-order chi connectivity index (χ0) is 18.9. The molecule has 0 saturated heterocycles. The monoisotopic (exact) mass is 372 g/mol. The Morgan fingerprint density at radius 2 is 1.85 bits per heavy atom. The second kappa shape index (κ2) is 9.89. The van der Waals surface area contributed by atoms with Gasteiger partial charge in [-0.25, -0.2) is 0 Å². The lowest BCUT2D eigenvalue weighted by molar-refractivity contribution is 0.0977. The third-order valence-corrected chi connectivity index (χ3v) is 3.92. The Morgan fingerprint density at radius 1 is 1.12 bits per heavy atom. The molecule has 2 N–H and O–H groups in total. The van der Waals surface area contributed by atoms with Crippen LogP contribution < -0.4 is 15.4 Å². The maximum absolute atomic E-state index is 12.3. The molecule has 0 fully saturated rings. The zero-order valence-corrected chi connectivity index (χ0v) is 16.1. The fraction of sp³-hybridized carbons (Fsp3) is 0.300. The molecule has 0 saturated carbocycles. The first-order valence-corrected chi connectivity index (χ1v) is 8.84. The van der Waals surface area contributed by atoms with Crippen molar-refractivity contribution >= 4 is 28.9 Å². The van der Waals surface area contributed by atoms with Crippen LogP contribution >= 0.6 is 12.2 Å². The number of carbonyl (C=O) groups is 1. The Balaban J connectivity index is 1.91. The topological polar surface area (TPSA) is 59.6 Å². The van der Waals surface area contributed by atoms with Gasteiger partial charge in [0.1, 0.15) is 12.4 Å². The van der Waals surface area contributed by atoms with E-state index >= 15 is 0 Å². The van der Waals surface area contributed by atoms with E-state index in [2.05, 4.69) is 24.5 Å². The number of ether oxygens (including phenoxy) is 2. The van der Waals surface area contributed by atoms with Gasteiger partial charge >= 0.3 is 0 Å². The number of hydrogen-bond donors (Lipinski definition) is 2. The summed E-state index contributed by atoms with van der Waals surface area (Å²) in [5.41, 5.74) is 2.49. The quantitative estimate of drug-likeness (QED) is 0.569. The van der Waals surface area contributed by atoms with Crippen molar-refractivity contribution in [1.29, 1.82) is 0 Å². The molecule has 0 aliphatic heterocycles. The molecule has 138 valence electrons. The second-order valence-electron chi connectivity index (χ2n) is 6.05. The summed E-state index contributed by atoms with van der Waals surface area (Å²) < 4.78 is 10.5. The summed E-state index contributed by atoms with van der Waals surface area (Å²) in [4.78, 5) is 12.3. The fourth-order valence-corrected chi connectivity index (χ4v) is 2.47. The molecule has 6 heteroatoms. The van der Waals surface area contributed by atoms with Crippen molar-refractivity contribution in [2.45, 2.75) is 19.8 Å². The Labute approximate surface area is 159 Å². The Hall–Kier alpha value is -2.44. The number of thiocarbonyl (C=S) groups is 1. The van der Waals surface area contributed by atoms with E-state index in [1.165, 1.54) is 5.56 Å². The predicted molar refractivity (Wildman–Crippen MR) is 108 cm³/mol. The maximum Gasteiger partial charge on any atom is 0.257 e. The van der Waals surface area contributed by atoms with Crippen LogP contribution in [0.1, 0.15) is 35.7 Å². The summed E-state index contributed by atoms with van der Waals surface area (Å²) in [6.07, 6.45) is 0. The average Bonchev–Trinajstić information content (AvgIpc) is 2.62. The van der Waals surface area contributed by atoms with E-state index in [-0.39, 0.29) is 11.0 Å². The number of rotatable bonds is 7. The molecule has 0 bridgehead atoms. The first-order chi connectivity index (χ1) is 12.5. The van der Waals surface area contributed by atoms with Crippen LogP contribution in [0.2, 0.25) is 0 Å². The van der Waals surface area contributed by atoms with Gasteiger partial charge in [0.15, 0.2) is 5.11 Å².